The normalized spacial score (nSPS) is 15.7. The van der Waals surface area contributed by atoms with Gasteiger partial charge in [-0.3, -0.25) is 13.8 Å². The number of aromatic nitrogens is 4. The van der Waals surface area contributed by atoms with Crippen LogP contribution in [0.2, 0.25) is 0 Å². The van der Waals surface area contributed by atoms with Gasteiger partial charge in [0.1, 0.15) is 0 Å². The van der Waals surface area contributed by atoms with Crippen LogP contribution in [0, 0.1) is 0 Å². The van der Waals surface area contributed by atoms with Crippen molar-refractivity contribution in [3.8, 4) is 0 Å². The molecule has 9 nitrogen and oxygen atoms in total. The molecule has 172 valence electrons. The Morgan fingerprint density at radius 2 is 1.73 bits per heavy atom. The summed E-state index contributed by atoms with van der Waals surface area (Å²) in [6.07, 6.45) is 3.93. The first-order valence-corrected chi connectivity index (χ1v) is 12.6. The highest BCUT2D eigenvalue weighted by Crippen LogP contribution is 2.23. The van der Waals surface area contributed by atoms with E-state index in [2.05, 4.69) is 15.5 Å². The summed E-state index contributed by atoms with van der Waals surface area (Å²) in [5, 5.41) is 12.3. The van der Waals surface area contributed by atoms with E-state index >= 15 is 0 Å². The summed E-state index contributed by atoms with van der Waals surface area (Å²) in [7, 11) is -1.86. The third-order valence-electron chi connectivity index (χ3n) is 6.18. The lowest BCUT2D eigenvalue weighted by atomic mass is 10.2. The molecule has 2 aromatic carbocycles. The molecule has 1 N–H and O–H groups in total. The molecular formula is C23H26N6O3S. The zero-order chi connectivity index (χ0) is 23.0. The third kappa shape index (κ3) is 3.89. The molecule has 0 spiro atoms. The number of aryl methyl sites for hydroxylation is 1. The van der Waals surface area contributed by atoms with Crippen LogP contribution in [0.25, 0.3) is 16.7 Å². The first-order valence-electron chi connectivity index (χ1n) is 11.1. The van der Waals surface area contributed by atoms with Crippen LogP contribution in [0.1, 0.15) is 31.5 Å². The molecule has 0 atom stereocenters. The number of hydrogen-bond donors (Lipinski definition) is 1. The van der Waals surface area contributed by atoms with Gasteiger partial charge in [0.25, 0.3) is 5.56 Å². The van der Waals surface area contributed by atoms with E-state index in [9.17, 15) is 13.2 Å². The number of para-hydroxylation sites is 1. The van der Waals surface area contributed by atoms with E-state index in [-0.39, 0.29) is 10.5 Å². The van der Waals surface area contributed by atoms with Crippen molar-refractivity contribution < 1.29 is 8.42 Å². The molecule has 4 aromatic rings. The quantitative estimate of drug-likeness (QED) is 0.485. The van der Waals surface area contributed by atoms with Crippen molar-refractivity contribution in [2.75, 3.05) is 18.4 Å². The van der Waals surface area contributed by atoms with Gasteiger partial charge in [-0.05, 0) is 43.2 Å². The molecule has 5 rings (SSSR count). The molecule has 33 heavy (non-hydrogen) atoms. The summed E-state index contributed by atoms with van der Waals surface area (Å²) in [6, 6.07) is 14.2. The van der Waals surface area contributed by atoms with Crippen molar-refractivity contribution in [3.05, 3.63) is 64.7 Å². The van der Waals surface area contributed by atoms with Crippen molar-refractivity contribution >= 4 is 32.4 Å². The molecule has 10 heteroatoms. The molecule has 0 radical (unpaired) electrons. The standard InChI is InChI=1S/C23H26N6O3S/c1-27-22(30)19-11-4-5-12-20(19)29-21(25-26-23(27)29)16-24-17-9-8-10-18(15-17)33(31,32)28-13-6-2-3-7-14-28/h4-5,8-12,15,24H,2-3,6-7,13-14,16H2,1H3. The number of nitrogens with one attached hydrogen (secondary N) is 1. The number of hydrogen-bond acceptors (Lipinski definition) is 6. The number of benzene rings is 2. The van der Waals surface area contributed by atoms with Crippen molar-refractivity contribution in [1.82, 2.24) is 23.5 Å². The maximum Gasteiger partial charge on any atom is 0.262 e. The lowest BCUT2D eigenvalue weighted by Gasteiger charge is -2.20. The molecule has 0 bridgehead atoms. The second-order valence-corrected chi connectivity index (χ2v) is 10.3. The summed E-state index contributed by atoms with van der Waals surface area (Å²) < 4.78 is 31.2. The van der Waals surface area contributed by atoms with Gasteiger partial charge in [-0.15, -0.1) is 10.2 Å². The minimum atomic E-state index is -3.53. The number of rotatable bonds is 5. The van der Waals surface area contributed by atoms with E-state index in [0.29, 0.717) is 42.3 Å². The molecule has 0 saturated carbocycles. The highest BCUT2D eigenvalue weighted by molar-refractivity contribution is 7.89. The molecule has 2 aromatic heterocycles. The van der Waals surface area contributed by atoms with Gasteiger partial charge in [-0.25, -0.2) is 8.42 Å². The summed E-state index contributed by atoms with van der Waals surface area (Å²) in [5.41, 5.74) is 1.28. The fraction of sp³-hybridized carbons (Fsp3) is 0.348. The van der Waals surface area contributed by atoms with Crippen molar-refractivity contribution in [2.45, 2.75) is 37.1 Å². The highest BCUT2D eigenvalue weighted by Gasteiger charge is 2.25. The van der Waals surface area contributed by atoms with E-state index in [4.69, 9.17) is 0 Å². The smallest absolute Gasteiger partial charge is 0.262 e. The first-order chi connectivity index (χ1) is 16.0. The van der Waals surface area contributed by atoms with E-state index in [1.54, 1.807) is 35.6 Å². The van der Waals surface area contributed by atoms with Gasteiger partial charge in [0.15, 0.2) is 5.82 Å². The molecule has 1 aliphatic heterocycles. The Labute approximate surface area is 191 Å². The lowest BCUT2D eigenvalue weighted by Crippen LogP contribution is -2.31. The van der Waals surface area contributed by atoms with Gasteiger partial charge in [0.2, 0.25) is 15.8 Å². The Morgan fingerprint density at radius 3 is 2.52 bits per heavy atom. The van der Waals surface area contributed by atoms with Gasteiger partial charge >= 0.3 is 0 Å². The van der Waals surface area contributed by atoms with Crippen LogP contribution in [-0.4, -0.2) is 45.0 Å². The van der Waals surface area contributed by atoms with Crippen LogP contribution in [0.4, 0.5) is 5.69 Å². The third-order valence-corrected chi connectivity index (χ3v) is 8.08. The average Bonchev–Trinajstić information content (AvgIpc) is 3.06. The Balaban J connectivity index is 1.45. The minimum absolute atomic E-state index is 0.128. The van der Waals surface area contributed by atoms with Gasteiger partial charge in [-0.1, -0.05) is 31.0 Å². The summed E-state index contributed by atoms with van der Waals surface area (Å²) in [6.45, 7) is 1.45. The molecule has 0 aliphatic carbocycles. The maximum absolute atomic E-state index is 13.2. The van der Waals surface area contributed by atoms with Crippen LogP contribution in [0.3, 0.4) is 0 Å². The van der Waals surface area contributed by atoms with Crippen LogP contribution in [0.15, 0.2) is 58.2 Å². The fourth-order valence-corrected chi connectivity index (χ4v) is 5.95. The molecule has 1 fully saturated rings. The van der Waals surface area contributed by atoms with E-state index in [1.165, 1.54) is 4.57 Å². The Hall–Kier alpha value is -3.24. The Bertz CT molecular complexity index is 1480. The predicted octanol–water partition coefficient (Wildman–Crippen LogP) is 2.76. The van der Waals surface area contributed by atoms with Gasteiger partial charge in [-0.2, -0.15) is 4.31 Å². The number of nitrogens with zero attached hydrogens (tertiary/aromatic N) is 5. The highest BCUT2D eigenvalue weighted by atomic mass is 32.2. The molecule has 3 heterocycles. The monoisotopic (exact) mass is 466 g/mol. The topological polar surface area (TPSA) is 102 Å². The average molecular weight is 467 g/mol. The number of anilines is 1. The zero-order valence-corrected chi connectivity index (χ0v) is 19.3. The van der Waals surface area contributed by atoms with Crippen molar-refractivity contribution in [3.63, 3.8) is 0 Å². The summed E-state index contributed by atoms with van der Waals surface area (Å²) >= 11 is 0. The van der Waals surface area contributed by atoms with E-state index in [1.807, 2.05) is 28.7 Å². The molecule has 0 amide bonds. The van der Waals surface area contributed by atoms with Gasteiger partial charge < -0.3 is 5.32 Å². The SMILES string of the molecule is Cn1c(=O)c2ccccc2n2c(CNc3cccc(S(=O)(=O)N4CCCCCC4)c3)nnc12. The van der Waals surface area contributed by atoms with Gasteiger partial charge in [0, 0.05) is 25.8 Å². The second-order valence-electron chi connectivity index (χ2n) is 8.33. The summed E-state index contributed by atoms with van der Waals surface area (Å²) in [5.74, 6) is 1.07. The molecular weight excluding hydrogens is 440 g/mol. The maximum atomic E-state index is 13.2. The van der Waals surface area contributed by atoms with Crippen molar-refractivity contribution in [1.29, 1.82) is 0 Å². The van der Waals surface area contributed by atoms with Crippen LogP contribution in [-0.2, 0) is 23.6 Å². The number of sulfonamides is 1. The second kappa shape index (κ2) is 8.60. The molecule has 1 aliphatic rings. The molecule has 0 unspecified atom stereocenters. The summed E-state index contributed by atoms with van der Waals surface area (Å²) in [4.78, 5) is 12.9. The lowest BCUT2D eigenvalue weighted by molar-refractivity contribution is 0.424. The fourth-order valence-electron chi connectivity index (χ4n) is 4.39. The molecule has 1 saturated heterocycles. The largest absolute Gasteiger partial charge is 0.378 e. The van der Waals surface area contributed by atoms with Gasteiger partial charge in [0.05, 0.1) is 22.3 Å². The Morgan fingerprint density at radius 1 is 0.970 bits per heavy atom. The van der Waals surface area contributed by atoms with Crippen molar-refractivity contribution in [2.24, 2.45) is 7.05 Å². The van der Waals surface area contributed by atoms with Crippen LogP contribution >= 0.6 is 0 Å². The zero-order valence-electron chi connectivity index (χ0n) is 18.4. The minimum Gasteiger partial charge on any atom is -0.378 e. The van der Waals surface area contributed by atoms with E-state index < -0.39 is 10.0 Å². The first kappa shape index (κ1) is 21.6. The predicted molar refractivity (Wildman–Crippen MR) is 127 cm³/mol. The van der Waals surface area contributed by atoms with E-state index in [0.717, 1.165) is 31.2 Å². The Kier molecular flexibility index (Phi) is 5.63. The number of fused-ring (bicyclic) bond motifs is 3. The van der Waals surface area contributed by atoms with Crippen LogP contribution in [0.5, 0.6) is 0 Å². The van der Waals surface area contributed by atoms with Crippen LogP contribution < -0.4 is 10.9 Å².